The predicted molar refractivity (Wildman–Crippen MR) is 74.3 cm³/mol. The fourth-order valence-electron chi connectivity index (χ4n) is 3.12. The average Bonchev–Trinajstić information content (AvgIpc) is 3.12. The summed E-state index contributed by atoms with van der Waals surface area (Å²) < 4.78 is 0. The van der Waals surface area contributed by atoms with Crippen LogP contribution < -0.4 is 5.32 Å². The molecule has 0 amide bonds. The molecule has 2 aliphatic carbocycles. The van der Waals surface area contributed by atoms with Gasteiger partial charge in [0.2, 0.25) is 0 Å². The molecular formula is C15H30N2. The van der Waals surface area contributed by atoms with Crippen LogP contribution >= 0.6 is 0 Å². The third-order valence-corrected chi connectivity index (χ3v) is 4.75. The zero-order chi connectivity index (χ0) is 12.3. The number of nitrogens with one attached hydrogen (secondary N) is 1. The molecular weight excluding hydrogens is 208 g/mol. The van der Waals surface area contributed by atoms with Gasteiger partial charge in [-0.2, -0.15) is 0 Å². The van der Waals surface area contributed by atoms with Gasteiger partial charge in [0, 0.05) is 18.1 Å². The summed E-state index contributed by atoms with van der Waals surface area (Å²) in [5, 5.41) is 3.63. The van der Waals surface area contributed by atoms with Gasteiger partial charge in [-0.25, -0.2) is 0 Å². The van der Waals surface area contributed by atoms with Crippen LogP contribution in [0.25, 0.3) is 0 Å². The van der Waals surface area contributed by atoms with E-state index in [-0.39, 0.29) is 0 Å². The minimum atomic E-state index is 0.733. The summed E-state index contributed by atoms with van der Waals surface area (Å²) in [6.07, 6.45) is 9.83. The molecule has 2 heteroatoms. The molecule has 1 N–H and O–H groups in total. The molecule has 2 rings (SSSR count). The highest BCUT2D eigenvalue weighted by Gasteiger charge is 2.25. The van der Waals surface area contributed by atoms with Gasteiger partial charge < -0.3 is 10.2 Å². The van der Waals surface area contributed by atoms with E-state index < -0.39 is 0 Å². The Morgan fingerprint density at radius 3 is 2.65 bits per heavy atom. The van der Waals surface area contributed by atoms with Crippen molar-refractivity contribution in [1.82, 2.24) is 10.2 Å². The van der Waals surface area contributed by atoms with E-state index in [0.29, 0.717) is 0 Å². The van der Waals surface area contributed by atoms with Crippen molar-refractivity contribution in [3.05, 3.63) is 0 Å². The Bertz CT molecular complexity index is 225. The summed E-state index contributed by atoms with van der Waals surface area (Å²) >= 11 is 0. The maximum absolute atomic E-state index is 3.63. The quantitative estimate of drug-likeness (QED) is 0.765. The van der Waals surface area contributed by atoms with E-state index in [0.717, 1.165) is 24.0 Å². The Morgan fingerprint density at radius 2 is 2.00 bits per heavy atom. The molecule has 3 unspecified atom stereocenters. The number of hydrogen-bond acceptors (Lipinski definition) is 2. The van der Waals surface area contributed by atoms with Gasteiger partial charge in [0.15, 0.2) is 0 Å². The van der Waals surface area contributed by atoms with E-state index in [1.165, 1.54) is 51.5 Å². The average molecular weight is 238 g/mol. The monoisotopic (exact) mass is 238 g/mol. The van der Waals surface area contributed by atoms with Crippen molar-refractivity contribution in [2.45, 2.75) is 76.9 Å². The summed E-state index contributed by atoms with van der Waals surface area (Å²) in [4.78, 5) is 2.64. The van der Waals surface area contributed by atoms with Crippen LogP contribution in [0.1, 0.15) is 58.8 Å². The molecule has 0 aromatic rings. The van der Waals surface area contributed by atoms with Gasteiger partial charge in [0.05, 0.1) is 0 Å². The fraction of sp³-hybridized carbons (Fsp3) is 1.00. The van der Waals surface area contributed by atoms with Gasteiger partial charge in [-0.1, -0.05) is 19.8 Å². The minimum Gasteiger partial charge on any atom is -0.314 e. The molecule has 2 fully saturated rings. The second kappa shape index (κ2) is 6.19. The number of hydrogen-bond donors (Lipinski definition) is 1. The van der Waals surface area contributed by atoms with Crippen molar-refractivity contribution in [2.75, 3.05) is 13.6 Å². The van der Waals surface area contributed by atoms with Gasteiger partial charge in [0.1, 0.15) is 0 Å². The first-order valence-corrected chi connectivity index (χ1v) is 7.62. The lowest BCUT2D eigenvalue weighted by Gasteiger charge is -2.37. The smallest absolute Gasteiger partial charge is 0.00975 e. The third kappa shape index (κ3) is 4.26. The van der Waals surface area contributed by atoms with Gasteiger partial charge in [0.25, 0.3) is 0 Å². The van der Waals surface area contributed by atoms with Crippen LogP contribution in [0.4, 0.5) is 0 Å². The third-order valence-electron chi connectivity index (χ3n) is 4.75. The van der Waals surface area contributed by atoms with Crippen molar-refractivity contribution in [3.8, 4) is 0 Å². The predicted octanol–water partition coefficient (Wildman–Crippen LogP) is 3.03. The van der Waals surface area contributed by atoms with Crippen molar-refractivity contribution >= 4 is 0 Å². The maximum atomic E-state index is 3.63. The second-order valence-electron chi connectivity index (χ2n) is 6.46. The summed E-state index contributed by atoms with van der Waals surface area (Å²) in [6.45, 7) is 6.02. The normalized spacial score (nSPS) is 31.8. The highest BCUT2D eigenvalue weighted by molar-refractivity contribution is 4.83. The molecule has 0 aromatic carbocycles. The first kappa shape index (κ1) is 13.4. The Morgan fingerprint density at radius 1 is 1.24 bits per heavy atom. The Labute approximate surface area is 107 Å². The van der Waals surface area contributed by atoms with Gasteiger partial charge >= 0.3 is 0 Å². The molecule has 3 atom stereocenters. The summed E-state index contributed by atoms with van der Waals surface area (Å²) in [5.74, 6) is 0.938. The lowest BCUT2D eigenvalue weighted by Crippen LogP contribution is -2.42. The van der Waals surface area contributed by atoms with Gasteiger partial charge in [-0.05, 0) is 58.5 Å². The van der Waals surface area contributed by atoms with E-state index in [2.05, 4.69) is 31.1 Å². The molecule has 0 heterocycles. The van der Waals surface area contributed by atoms with Crippen LogP contribution in [0.15, 0.2) is 0 Å². The van der Waals surface area contributed by atoms with Crippen LogP contribution in [-0.4, -0.2) is 36.6 Å². The number of nitrogens with zero attached hydrogens (tertiary/aromatic N) is 1. The molecule has 0 aromatic heterocycles. The topological polar surface area (TPSA) is 15.3 Å². The second-order valence-corrected chi connectivity index (χ2v) is 6.46. The largest absolute Gasteiger partial charge is 0.314 e. The van der Waals surface area contributed by atoms with Gasteiger partial charge in [-0.15, -0.1) is 0 Å². The van der Waals surface area contributed by atoms with Crippen molar-refractivity contribution in [1.29, 1.82) is 0 Å². The molecule has 100 valence electrons. The summed E-state index contributed by atoms with van der Waals surface area (Å²) in [6, 6.07) is 2.44. The van der Waals surface area contributed by atoms with E-state index in [1.807, 2.05) is 0 Å². The first-order chi connectivity index (χ1) is 8.16. The fourth-order valence-corrected chi connectivity index (χ4v) is 3.12. The van der Waals surface area contributed by atoms with E-state index in [4.69, 9.17) is 0 Å². The molecule has 2 saturated carbocycles. The SMILES string of the molecule is CC1CCCC(N(C)C(C)CCNC2CC2)C1. The molecule has 0 radical (unpaired) electrons. The lowest BCUT2D eigenvalue weighted by molar-refractivity contribution is 0.121. The Balaban J connectivity index is 1.66. The molecule has 0 spiro atoms. The number of rotatable bonds is 6. The molecule has 0 aliphatic heterocycles. The van der Waals surface area contributed by atoms with E-state index in [9.17, 15) is 0 Å². The zero-order valence-electron chi connectivity index (χ0n) is 11.9. The zero-order valence-corrected chi connectivity index (χ0v) is 11.9. The molecule has 0 bridgehead atoms. The van der Waals surface area contributed by atoms with Crippen molar-refractivity contribution < 1.29 is 0 Å². The van der Waals surface area contributed by atoms with Crippen LogP contribution in [-0.2, 0) is 0 Å². The van der Waals surface area contributed by atoms with Crippen LogP contribution in [0.3, 0.4) is 0 Å². The van der Waals surface area contributed by atoms with Crippen LogP contribution in [0.5, 0.6) is 0 Å². The van der Waals surface area contributed by atoms with E-state index in [1.54, 1.807) is 0 Å². The Kier molecular flexibility index (Phi) is 4.87. The standard InChI is InChI=1S/C15H30N2/c1-12-5-4-6-15(11-12)17(3)13(2)9-10-16-14-7-8-14/h12-16H,4-11H2,1-3H3. The summed E-state index contributed by atoms with van der Waals surface area (Å²) in [7, 11) is 2.34. The summed E-state index contributed by atoms with van der Waals surface area (Å²) in [5.41, 5.74) is 0. The molecule has 2 aliphatic rings. The Hall–Kier alpha value is -0.0800. The highest BCUT2D eigenvalue weighted by atomic mass is 15.2. The minimum absolute atomic E-state index is 0.733. The molecule has 2 nitrogen and oxygen atoms in total. The van der Waals surface area contributed by atoms with Crippen LogP contribution in [0.2, 0.25) is 0 Å². The van der Waals surface area contributed by atoms with Crippen LogP contribution in [0, 0.1) is 5.92 Å². The molecule has 0 saturated heterocycles. The van der Waals surface area contributed by atoms with Gasteiger partial charge in [-0.3, -0.25) is 0 Å². The maximum Gasteiger partial charge on any atom is 0.00975 e. The van der Waals surface area contributed by atoms with Crippen molar-refractivity contribution in [3.63, 3.8) is 0 Å². The van der Waals surface area contributed by atoms with E-state index >= 15 is 0 Å². The van der Waals surface area contributed by atoms with Crippen molar-refractivity contribution in [2.24, 2.45) is 5.92 Å². The molecule has 17 heavy (non-hydrogen) atoms. The lowest BCUT2D eigenvalue weighted by atomic mass is 9.86. The highest BCUT2D eigenvalue weighted by Crippen LogP contribution is 2.28. The first-order valence-electron chi connectivity index (χ1n) is 7.62.